The molecule has 6 nitrogen and oxygen atoms in total. The lowest BCUT2D eigenvalue weighted by Gasteiger charge is -2.22. The summed E-state index contributed by atoms with van der Waals surface area (Å²) in [6.07, 6.45) is 5.99. The van der Waals surface area contributed by atoms with Gasteiger partial charge in [-0.3, -0.25) is 0 Å². The Kier molecular flexibility index (Phi) is 4.41. The summed E-state index contributed by atoms with van der Waals surface area (Å²) in [7, 11) is 0. The summed E-state index contributed by atoms with van der Waals surface area (Å²) in [6.45, 7) is 0. The highest BCUT2D eigenvalue weighted by atomic mass is 32.2. The van der Waals surface area contributed by atoms with Crippen molar-refractivity contribution in [3.63, 3.8) is 0 Å². The second-order valence-electron chi connectivity index (χ2n) is 6.51. The number of ether oxygens (including phenoxy) is 1. The Morgan fingerprint density at radius 1 is 1.15 bits per heavy atom. The van der Waals surface area contributed by atoms with E-state index < -0.39 is 0 Å². The lowest BCUT2D eigenvalue weighted by atomic mass is 9.98. The van der Waals surface area contributed by atoms with Crippen LogP contribution in [0.25, 0.3) is 15.9 Å². The van der Waals surface area contributed by atoms with E-state index in [0.29, 0.717) is 27.1 Å². The molecule has 0 atom stereocenters. The Labute approximate surface area is 162 Å². The molecular formula is C18H16FN5OS2. The Morgan fingerprint density at radius 3 is 2.93 bits per heavy atom. The number of fused-ring (bicyclic) bond motifs is 2. The molecule has 0 aliphatic heterocycles. The fourth-order valence-corrected chi connectivity index (χ4v) is 4.87. The van der Waals surface area contributed by atoms with Crippen LogP contribution in [0.4, 0.5) is 4.39 Å². The van der Waals surface area contributed by atoms with E-state index in [1.165, 1.54) is 48.4 Å². The normalized spacial score (nSPS) is 15.6. The van der Waals surface area contributed by atoms with Crippen LogP contribution in [-0.2, 0) is 0 Å². The van der Waals surface area contributed by atoms with Gasteiger partial charge in [-0.1, -0.05) is 6.42 Å². The first-order valence-electron chi connectivity index (χ1n) is 8.86. The zero-order valence-electron chi connectivity index (χ0n) is 14.3. The maximum Gasteiger partial charge on any atom is 0.232 e. The first-order valence-corrected chi connectivity index (χ1v) is 10.6. The molecule has 0 saturated heterocycles. The molecule has 1 saturated carbocycles. The van der Waals surface area contributed by atoms with Crippen LogP contribution >= 0.6 is 23.1 Å². The van der Waals surface area contributed by atoms with Gasteiger partial charge < -0.3 is 4.74 Å². The first kappa shape index (κ1) is 16.9. The van der Waals surface area contributed by atoms with Crippen molar-refractivity contribution in [1.82, 2.24) is 24.8 Å². The summed E-state index contributed by atoms with van der Waals surface area (Å²) in [5.74, 6) is 0.221. The quantitative estimate of drug-likeness (QED) is 0.492. The molecule has 3 aromatic heterocycles. The maximum absolute atomic E-state index is 14.4. The number of hydrogen-bond acceptors (Lipinski definition) is 7. The van der Waals surface area contributed by atoms with Crippen LogP contribution in [0.15, 0.2) is 39.8 Å². The molecule has 1 fully saturated rings. The topological polar surface area (TPSA) is 65.2 Å². The van der Waals surface area contributed by atoms with Gasteiger partial charge in [0.2, 0.25) is 11.0 Å². The number of halogens is 1. The number of benzene rings is 1. The van der Waals surface area contributed by atoms with Gasteiger partial charge in [0.1, 0.15) is 11.9 Å². The Bertz CT molecular complexity index is 1110. The molecule has 0 amide bonds. The van der Waals surface area contributed by atoms with Gasteiger partial charge in [0.25, 0.3) is 0 Å². The molecule has 5 rings (SSSR count). The van der Waals surface area contributed by atoms with Crippen molar-refractivity contribution in [1.29, 1.82) is 0 Å². The van der Waals surface area contributed by atoms with Crippen molar-refractivity contribution in [2.45, 2.75) is 48.3 Å². The minimum Gasteiger partial charge on any atom is -0.473 e. The van der Waals surface area contributed by atoms with E-state index >= 15 is 0 Å². The van der Waals surface area contributed by atoms with E-state index in [-0.39, 0.29) is 11.9 Å². The molecule has 1 aromatic carbocycles. The molecular weight excluding hydrogens is 385 g/mol. The highest BCUT2D eigenvalue weighted by Gasteiger charge is 2.17. The zero-order valence-corrected chi connectivity index (χ0v) is 16.0. The summed E-state index contributed by atoms with van der Waals surface area (Å²) >= 11 is 2.68. The monoisotopic (exact) mass is 401 g/mol. The average molecular weight is 401 g/mol. The summed E-state index contributed by atoms with van der Waals surface area (Å²) < 4.78 is 23.0. The zero-order chi connectivity index (χ0) is 18.2. The fourth-order valence-electron chi connectivity index (χ4n) is 3.27. The SMILES string of the molecule is Fc1cc2ncsc2cc1Sc1nnc2ccc(OC3CCCCC3)nn12. The Balaban J connectivity index is 1.45. The summed E-state index contributed by atoms with van der Waals surface area (Å²) in [5.41, 5.74) is 2.98. The molecule has 1 aliphatic rings. The fraction of sp³-hybridized carbons (Fsp3) is 0.333. The molecule has 0 radical (unpaired) electrons. The van der Waals surface area contributed by atoms with Gasteiger partial charge in [-0.05, 0) is 49.6 Å². The third-order valence-corrected chi connectivity index (χ3v) is 6.40. The van der Waals surface area contributed by atoms with E-state index in [4.69, 9.17) is 4.74 Å². The van der Waals surface area contributed by atoms with E-state index in [1.807, 2.05) is 12.1 Å². The van der Waals surface area contributed by atoms with Gasteiger partial charge >= 0.3 is 0 Å². The minimum atomic E-state index is -0.329. The van der Waals surface area contributed by atoms with Crippen LogP contribution < -0.4 is 4.74 Å². The highest BCUT2D eigenvalue weighted by molar-refractivity contribution is 7.99. The van der Waals surface area contributed by atoms with Gasteiger partial charge in [-0.2, -0.15) is 4.52 Å². The molecule has 138 valence electrons. The van der Waals surface area contributed by atoms with Gasteiger partial charge in [-0.25, -0.2) is 9.37 Å². The van der Waals surface area contributed by atoms with E-state index in [2.05, 4.69) is 20.3 Å². The molecule has 0 unspecified atom stereocenters. The van der Waals surface area contributed by atoms with Crippen molar-refractivity contribution in [3.8, 4) is 5.88 Å². The number of rotatable bonds is 4. The van der Waals surface area contributed by atoms with Crippen LogP contribution in [0.1, 0.15) is 32.1 Å². The van der Waals surface area contributed by atoms with Crippen molar-refractivity contribution in [2.75, 3.05) is 0 Å². The van der Waals surface area contributed by atoms with Gasteiger partial charge in [-0.15, -0.1) is 26.6 Å². The number of thiazole rings is 1. The standard InChI is InChI=1S/C18H16FN5OS2/c19-12-8-13-15(26-10-20-13)9-14(12)27-18-22-21-16-6-7-17(23-24(16)18)25-11-4-2-1-3-5-11/h6-11H,1-5H2. The Hall–Kier alpha value is -2.26. The molecule has 27 heavy (non-hydrogen) atoms. The summed E-state index contributed by atoms with van der Waals surface area (Å²) in [4.78, 5) is 4.62. The van der Waals surface area contributed by atoms with Crippen LogP contribution in [0.2, 0.25) is 0 Å². The predicted molar refractivity (Wildman–Crippen MR) is 102 cm³/mol. The third-order valence-electron chi connectivity index (χ3n) is 4.64. The van der Waals surface area contributed by atoms with Gasteiger partial charge in [0.15, 0.2) is 5.65 Å². The van der Waals surface area contributed by atoms with Crippen LogP contribution in [-0.4, -0.2) is 30.9 Å². The molecule has 0 N–H and O–H groups in total. The van der Waals surface area contributed by atoms with E-state index in [9.17, 15) is 4.39 Å². The van der Waals surface area contributed by atoms with Crippen molar-refractivity contribution < 1.29 is 9.13 Å². The first-order chi connectivity index (χ1) is 13.3. The Morgan fingerprint density at radius 2 is 2.04 bits per heavy atom. The predicted octanol–water partition coefficient (Wildman–Crippen LogP) is 4.74. The summed E-state index contributed by atoms with van der Waals surface area (Å²) in [6, 6.07) is 6.88. The number of nitrogens with zero attached hydrogens (tertiary/aromatic N) is 5. The third kappa shape index (κ3) is 3.37. The lowest BCUT2D eigenvalue weighted by molar-refractivity contribution is 0.146. The number of aromatic nitrogens is 5. The maximum atomic E-state index is 14.4. The molecule has 9 heteroatoms. The molecule has 4 aromatic rings. The summed E-state index contributed by atoms with van der Waals surface area (Å²) in [5, 5.41) is 13.3. The minimum absolute atomic E-state index is 0.211. The second-order valence-corrected chi connectivity index (χ2v) is 8.40. The van der Waals surface area contributed by atoms with Crippen molar-refractivity contribution >= 4 is 39.0 Å². The van der Waals surface area contributed by atoms with Crippen LogP contribution in [0, 0.1) is 5.82 Å². The van der Waals surface area contributed by atoms with Gasteiger partial charge in [0, 0.05) is 12.1 Å². The molecule has 0 bridgehead atoms. The van der Waals surface area contributed by atoms with Gasteiger partial charge in [0.05, 0.1) is 20.6 Å². The lowest BCUT2D eigenvalue weighted by Crippen LogP contribution is -2.20. The van der Waals surface area contributed by atoms with Crippen molar-refractivity contribution in [3.05, 3.63) is 35.6 Å². The molecule has 3 heterocycles. The highest BCUT2D eigenvalue weighted by Crippen LogP contribution is 2.33. The molecule has 1 aliphatic carbocycles. The van der Waals surface area contributed by atoms with E-state index in [1.54, 1.807) is 16.1 Å². The number of hydrogen-bond donors (Lipinski definition) is 0. The van der Waals surface area contributed by atoms with E-state index in [0.717, 1.165) is 17.5 Å². The largest absolute Gasteiger partial charge is 0.473 e. The molecule has 0 spiro atoms. The van der Waals surface area contributed by atoms with Crippen LogP contribution in [0.5, 0.6) is 5.88 Å². The van der Waals surface area contributed by atoms with Crippen LogP contribution in [0.3, 0.4) is 0 Å². The van der Waals surface area contributed by atoms with Crippen molar-refractivity contribution in [2.24, 2.45) is 0 Å². The smallest absolute Gasteiger partial charge is 0.232 e. The second kappa shape index (κ2) is 7.05. The average Bonchev–Trinajstić information content (AvgIpc) is 3.29.